The standard InChI is InChI=1S/C34H34O4/c35-21-27-7-1-5-25(17-27)13-15-33(31-11-3-9-29(19-31)23-37)34(32-12-4-10-30(20-32)24-38)16-14-26-6-2-8-28(18-26)22-36/h1-20,33-38H,21-24H2/b15-13+,16-14+/t33-,34-/m1/s1. The van der Waals surface area contributed by atoms with Crippen LogP contribution in [0.2, 0.25) is 0 Å². The number of benzene rings is 4. The third-order valence-electron chi connectivity index (χ3n) is 6.68. The van der Waals surface area contributed by atoms with Crippen molar-refractivity contribution in [1.29, 1.82) is 0 Å². The lowest BCUT2D eigenvalue weighted by Crippen LogP contribution is -2.09. The Balaban J connectivity index is 1.84. The molecule has 0 aliphatic rings. The Morgan fingerprint density at radius 3 is 1.16 bits per heavy atom. The fourth-order valence-corrected chi connectivity index (χ4v) is 4.69. The summed E-state index contributed by atoms with van der Waals surface area (Å²) in [7, 11) is 0. The molecule has 0 saturated heterocycles. The zero-order valence-corrected chi connectivity index (χ0v) is 21.3. The third-order valence-corrected chi connectivity index (χ3v) is 6.68. The minimum Gasteiger partial charge on any atom is -0.392 e. The molecule has 0 radical (unpaired) electrons. The van der Waals surface area contributed by atoms with Crippen LogP contribution >= 0.6 is 0 Å². The second kappa shape index (κ2) is 13.7. The molecule has 0 aliphatic heterocycles. The summed E-state index contributed by atoms with van der Waals surface area (Å²) in [6.45, 7) is -0.125. The van der Waals surface area contributed by atoms with Crippen molar-refractivity contribution in [1.82, 2.24) is 0 Å². The van der Waals surface area contributed by atoms with E-state index in [0.717, 1.165) is 44.5 Å². The molecule has 0 heterocycles. The highest BCUT2D eigenvalue weighted by Gasteiger charge is 2.21. The fraction of sp³-hybridized carbons (Fsp3) is 0.176. The summed E-state index contributed by atoms with van der Waals surface area (Å²) >= 11 is 0. The smallest absolute Gasteiger partial charge is 0.0682 e. The van der Waals surface area contributed by atoms with Gasteiger partial charge in [-0.25, -0.2) is 0 Å². The van der Waals surface area contributed by atoms with Crippen LogP contribution in [0.25, 0.3) is 12.2 Å². The van der Waals surface area contributed by atoms with Crippen molar-refractivity contribution in [3.63, 3.8) is 0 Å². The monoisotopic (exact) mass is 506 g/mol. The number of rotatable bonds is 11. The number of allylic oxidation sites excluding steroid dienone is 2. The fourth-order valence-electron chi connectivity index (χ4n) is 4.69. The maximum atomic E-state index is 9.83. The van der Waals surface area contributed by atoms with Gasteiger partial charge in [-0.1, -0.05) is 109 Å². The normalized spacial score (nSPS) is 13.3. The number of aliphatic hydroxyl groups excluding tert-OH is 4. The lowest BCUT2D eigenvalue weighted by atomic mass is 9.79. The van der Waals surface area contributed by atoms with Gasteiger partial charge in [0, 0.05) is 11.8 Å². The second-order valence-corrected chi connectivity index (χ2v) is 9.38. The summed E-state index contributed by atoms with van der Waals surface area (Å²) < 4.78 is 0. The van der Waals surface area contributed by atoms with E-state index in [2.05, 4.69) is 36.4 Å². The van der Waals surface area contributed by atoms with E-state index in [1.165, 1.54) is 0 Å². The Kier molecular flexibility index (Phi) is 9.79. The maximum Gasteiger partial charge on any atom is 0.0682 e. The molecule has 0 amide bonds. The Labute approximate surface area is 224 Å². The summed E-state index contributed by atoms with van der Waals surface area (Å²) in [6.07, 6.45) is 8.46. The van der Waals surface area contributed by atoms with Crippen molar-refractivity contribution in [2.45, 2.75) is 38.3 Å². The molecule has 4 nitrogen and oxygen atoms in total. The molecule has 0 unspecified atom stereocenters. The molecule has 4 aromatic carbocycles. The molecule has 0 bridgehead atoms. The largest absolute Gasteiger partial charge is 0.392 e. The number of hydrogen-bond acceptors (Lipinski definition) is 4. The van der Waals surface area contributed by atoms with E-state index in [9.17, 15) is 20.4 Å². The molecule has 38 heavy (non-hydrogen) atoms. The van der Waals surface area contributed by atoms with E-state index >= 15 is 0 Å². The molecule has 0 saturated carbocycles. The molecular weight excluding hydrogens is 472 g/mol. The van der Waals surface area contributed by atoms with Crippen LogP contribution in [0.5, 0.6) is 0 Å². The highest BCUT2D eigenvalue weighted by Crippen LogP contribution is 2.37. The first-order chi connectivity index (χ1) is 18.6. The van der Waals surface area contributed by atoms with E-state index in [1.807, 2.05) is 84.9 Å². The van der Waals surface area contributed by atoms with E-state index in [1.54, 1.807) is 0 Å². The third kappa shape index (κ3) is 7.15. The van der Waals surface area contributed by atoms with Gasteiger partial charge >= 0.3 is 0 Å². The SMILES string of the molecule is OCc1cccc(/C=C/[C@H](c2cccc(CO)c2)[C@H](/C=C/c2cccc(CO)c2)c2cccc(CO)c2)c1. The highest BCUT2D eigenvalue weighted by atomic mass is 16.3. The van der Waals surface area contributed by atoms with Crippen LogP contribution < -0.4 is 0 Å². The second-order valence-electron chi connectivity index (χ2n) is 9.38. The van der Waals surface area contributed by atoms with Crippen LogP contribution in [0.1, 0.15) is 56.3 Å². The maximum absolute atomic E-state index is 9.83. The summed E-state index contributed by atoms with van der Waals surface area (Å²) in [5.41, 5.74) is 7.46. The molecule has 4 N–H and O–H groups in total. The van der Waals surface area contributed by atoms with Gasteiger partial charge in [-0.05, 0) is 56.6 Å². The van der Waals surface area contributed by atoms with E-state index in [0.29, 0.717) is 0 Å². The Bertz CT molecular complexity index is 1280. The van der Waals surface area contributed by atoms with Gasteiger partial charge in [-0.15, -0.1) is 0 Å². The lowest BCUT2D eigenvalue weighted by molar-refractivity contribution is 0.281. The number of aliphatic hydroxyl groups is 4. The van der Waals surface area contributed by atoms with E-state index < -0.39 is 0 Å². The quantitative estimate of drug-likeness (QED) is 0.203. The molecule has 4 aromatic rings. The predicted molar refractivity (Wildman–Crippen MR) is 153 cm³/mol. The first-order valence-corrected chi connectivity index (χ1v) is 12.8. The zero-order valence-electron chi connectivity index (χ0n) is 21.3. The zero-order chi connectivity index (χ0) is 26.7. The van der Waals surface area contributed by atoms with Gasteiger partial charge in [0.2, 0.25) is 0 Å². The van der Waals surface area contributed by atoms with Crippen molar-refractivity contribution in [2.24, 2.45) is 0 Å². The molecule has 0 aliphatic carbocycles. The van der Waals surface area contributed by atoms with Gasteiger partial charge in [-0.2, -0.15) is 0 Å². The minimum atomic E-state index is -0.0921. The van der Waals surface area contributed by atoms with Crippen molar-refractivity contribution in [3.8, 4) is 0 Å². The molecule has 0 fully saturated rings. The summed E-state index contributed by atoms with van der Waals surface area (Å²) in [4.78, 5) is 0. The Hall–Kier alpha value is -3.80. The van der Waals surface area contributed by atoms with Crippen LogP contribution in [0.15, 0.2) is 109 Å². The molecule has 0 spiro atoms. The number of hydrogen-bond donors (Lipinski definition) is 4. The van der Waals surface area contributed by atoms with Gasteiger partial charge in [0.05, 0.1) is 26.4 Å². The molecule has 4 rings (SSSR count). The van der Waals surface area contributed by atoms with Gasteiger partial charge in [0.25, 0.3) is 0 Å². The Morgan fingerprint density at radius 2 is 0.789 bits per heavy atom. The van der Waals surface area contributed by atoms with E-state index in [4.69, 9.17) is 0 Å². The van der Waals surface area contributed by atoms with Crippen LogP contribution in [-0.2, 0) is 26.4 Å². The molecule has 194 valence electrons. The van der Waals surface area contributed by atoms with Crippen LogP contribution in [0, 0.1) is 0 Å². The van der Waals surface area contributed by atoms with Gasteiger partial charge < -0.3 is 20.4 Å². The summed E-state index contributed by atoms with van der Waals surface area (Å²) in [5.74, 6) is -0.184. The average molecular weight is 507 g/mol. The molecule has 2 atom stereocenters. The summed E-state index contributed by atoms with van der Waals surface area (Å²) in [6, 6.07) is 31.6. The van der Waals surface area contributed by atoms with Crippen molar-refractivity contribution < 1.29 is 20.4 Å². The van der Waals surface area contributed by atoms with Crippen molar-refractivity contribution in [3.05, 3.63) is 154 Å². The predicted octanol–water partition coefficient (Wildman–Crippen LogP) is 5.95. The highest BCUT2D eigenvalue weighted by molar-refractivity contribution is 5.56. The van der Waals surface area contributed by atoms with Crippen molar-refractivity contribution in [2.75, 3.05) is 0 Å². The van der Waals surface area contributed by atoms with E-state index in [-0.39, 0.29) is 38.3 Å². The molecular formula is C34H34O4. The Morgan fingerprint density at radius 1 is 0.447 bits per heavy atom. The van der Waals surface area contributed by atoms with Crippen LogP contribution in [0.3, 0.4) is 0 Å². The summed E-state index contributed by atoms with van der Waals surface area (Å²) in [5, 5.41) is 38.8. The first-order valence-electron chi connectivity index (χ1n) is 12.8. The van der Waals surface area contributed by atoms with Gasteiger partial charge in [0.15, 0.2) is 0 Å². The molecule has 0 aromatic heterocycles. The van der Waals surface area contributed by atoms with Crippen LogP contribution in [0.4, 0.5) is 0 Å². The average Bonchev–Trinajstić information content (AvgIpc) is 2.99. The van der Waals surface area contributed by atoms with Crippen molar-refractivity contribution >= 4 is 12.2 Å². The lowest BCUT2D eigenvalue weighted by Gasteiger charge is -2.24. The molecule has 4 heteroatoms. The topological polar surface area (TPSA) is 80.9 Å². The van der Waals surface area contributed by atoms with Gasteiger partial charge in [-0.3, -0.25) is 0 Å². The van der Waals surface area contributed by atoms with Crippen LogP contribution in [-0.4, -0.2) is 20.4 Å². The first kappa shape index (κ1) is 27.2. The van der Waals surface area contributed by atoms with Gasteiger partial charge in [0.1, 0.15) is 0 Å². The minimum absolute atomic E-state index is 0.0180.